The second-order valence-corrected chi connectivity index (χ2v) is 9.96. The number of hydrogen-bond acceptors (Lipinski definition) is 6. The highest BCUT2D eigenvalue weighted by Gasteiger charge is 2.19. The maximum absolute atomic E-state index is 13.0. The molecule has 6 nitrogen and oxygen atoms in total. The zero-order valence-electron chi connectivity index (χ0n) is 19.6. The number of hydrogen-bond donors (Lipinski definition) is 2. The number of nitrogens with zero attached hydrogens (tertiary/aromatic N) is 2. The number of rotatable bonds is 12. The number of ether oxygens (including phenoxy) is 1. The van der Waals surface area contributed by atoms with Gasteiger partial charge >= 0.3 is 0 Å². The Balaban J connectivity index is 1.62. The molecule has 0 spiro atoms. The molecule has 0 saturated heterocycles. The molecule has 3 aromatic rings. The van der Waals surface area contributed by atoms with Crippen molar-refractivity contribution in [1.82, 2.24) is 15.2 Å². The predicted molar refractivity (Wildman–Crippen MR) is 141 cm³/mol. The van der Waals surface area contributed by atoms with Crippen LogP contribution < -0.4 is 15.8 Å². The molecule has 1 unspecified atom stereocenters. The van der Waals surface area contributed by atoms with Crippen LogP contribution in [-0.2, 0) is 6.61 Å². The summed E-state index contributed by atoms with van der Waals surface area (Å²) in [6.07, 6.45) is 4.76. The van der Waals surface area contributed by atoms with Gasteiger partial charge in [0.15, 0.2) is 0 Å². The zero-order chi connectivity index (χ0) is 23.8. The second kappa shape index (κ2) is 12.3. The molecule has 2 aromatic heterocycles. The topological polar surface area (TPSA) is 80.5 Å². The third-order valence-corrected chi connectivity index (χ3v) is 7.38. The van der Waals surface area contributed by atoms with E-state index in [4.69, 9.17) is 10.5 Å². The molecule has 0 aliphatic rings. The minimum atomic E-state index is -0.106. The molecule has 1 amide bonds. The number of fused-ring (bicyclic) bond motifs is 1. The molecule has 0 radical (unpaired) electrons. The predicted octanol–water partition coefficient (Wildman–Crippen LogP) is 5.85. The monoisotopic (exact) mass is 532 g/mol. The smallest absolute Gasteiger partial charge is 0.254 e. The third-order valence-electron chi connectivity index (χ3n) is 5.79. The van der Waals surface area contributed by atoms with E-state index in [1.807, 2.05) is 29.6 Å². The quantitative estimate of drug-likeness (QED) is 0.286. The first-order valence-electron chi connectivity index (χ1n) is 11.5. The Bertz CT molecular complexity index is 1050. The van der Waals surface area contributed by atoms with Crippen molar-refractivity contribution in [3.8, 4) is 5.75 Å². The van der Waals surface area contributed by atoms with E-state index in [0.29, 0.717) is 18.0 Å². The van der Waals surface area contributed by atoms with Gasteiger partial charge < -0.3 is 20.7 Å². The number of thiophene rings is 1. The lowest BCUT2D eigenvalue weighted by Gasteiger charge is -2.19. The fraction of sp³-hybridized carbons (Fsp3) is 0.440. The molecule has 8 heteroatoms. The molecule has 178 valence electrons. The van der Waals surface area contributed by atoms with Crippen LogP contribution in [0.2, 0.25) is 0 Å². The van der Waals surface area contributed by atoms with Crippen LogP contribution in [0.25, 0.3) is 10.1 Å². The lowest BCUT2D eigenvalue weighted by molar-refractivity contribution is 0.0939. The van der Waals surface area contributed by atoms with Gasteiger partial charge in [-0.05, 0) is 69.0 Å². The van der Waals surface area contributed by atoms with Crippen LogP contribution in [0.15, 0.2) is 40.3 Å². The van der Waals surface area contributed by atoms with Crippen molar-refractivity contribution < 1.29 is 9.53 Å². The van der Waals surface area contributed by atoms with Gasteiger partial charge in [-0.2, -0.15) is 0 Å². The lowest BCUT2D eigenvalue weighted by Crippen LogP contribution is -2.33. The number of nitrogen functional groups attached to an aromatic ring is 1. The molecular weight excluding hydrogens is 500 g/mol. The fourth-order valence-corrected chi connectivity index (χ4v) is 5.13. The molecule has 1 aromatic carbocycles. The van der Waals surface area contributed by atoms with Gasteiger partial charge in [-0.15, -0.1) is 11.3 Å². The van der Waals surface area contributed by atoms with Crippen LogP contribution in [0.1, 0.15) is 56.0 Å². The number of carbonyl (C=O) groups is 1. The molecule has 0 aliphatic heterocycles. The molecule has 0 aliphatic carbocycles. The van der Waals surface area contributed by atoms with E-state index in [1.165, 1.54) is 11.3 Å². The van der Waals surface area contributed by atoms with E-state index in [-0.39, 0.29) is 11.9 Å². The molecule has 3 N–H and O–H groups in total. The Hall–Kier alpha value is -2.16. The molecule has 1 atom stereocenters. The van der Waals surface area contributed by atoms with Crippen molar-refractivity contribution >= 4 is 49.1 Å². The minimum absolute atomic E-state index is 0.0991. The van der Waals surface area contributed by atoms with Crippen molar-refractivity contribution in [2.45, 2.75) is 52.7 Å². The molecular formula is C25H33BrN4O2S. The van der Waals surface area contributed by atoms with E-state index < -0.39 is 0 Å². The largest absolute Gasteiger partial charge is 0.489 e. The Morgan fingerprint density at radius 2 is 1.97 bits per heavy atom. The van der Waals surface area contributed by atoms with Crippen LogP contribution in [0.3, 0.4) is 0 Å². The van der Waals surface area contributed by atoms with Gasteiger partial charge in [-0.1, -0.05) is 36.2 Å². The average Bonchev–Trinajstić information content (AvgIpc) is 3.24. The van der Waals surface area contributed by atoms with Crippen molar-refractivity contribution in [1.29, 1.82) is 0 Å². The molecule has 0 bridgehead atoms. The van der Waals surface area contributed by atoms with Crippen molar-refractivity contribution in [2.75, 3.05) is 25.4 Å². The van der Waals surface area contributed by atoms with E-state index >= 15 is 0 Å². The standard InChI is InChI=1S/C25H33BrN4O2S/c1-4-30(5-2)13-7-6-8-17(3)29-25(31)21-14-28-24(27)22-18(16-33-23(21)22)15-32-20-11-9-19(26)10-12-20/h9-12,14,16-17H,4-8,13,15H2,1-3H3,(H2,27,28)(H,29,31). The van der Waals surface area contributed by atoms with Gasteiger partial charge in [0.05, 0.1) is 10.3 Å². The first-order chi connectivity index (χ1) is 15.9. The van der Waals surface area contributed by atoms with Gasteiger partial charge in [0, 0.05) is 27.7 Å². The molecule has 3 rings (SSSR count). The normalized spacial score (nSPS) is 12.3. The molecule has 2 heterocycles. The summed E-state index contributed by atoms with van der Waals surface area (Å²) in [5.74, 6) is 1.08. The van der Waals surface area contributed by atoms with Crippen LogP contribution in [0.4, 0.5) is 5.82 Å². The number of nitrogens with one attached hydrogen (secondary N) is 1. The number of amides is 1. The first-order valence-corrected chi connectivity index (χ1v) is 13.2. The Kier molecular flexibility index (Phi) is 9.52. The number of benzene rings is 1. The lowest BCUT2D eigenvalue weighted by atomic mass is 10.1. The summed E-state index contributed by atoms with van der Waals surface area (Å²) in [5.41, 5.74) is 7.68. The Labute approximate surface area is 208 Å². The fourth-order valence-electron chi connectivity index (χ4n) is 3.79. The maximum atomic E-state index is 13.0. The van der Waals surface area contributed by atoms with Gasteiger partial charge in [0.25, 0.3) is 5.91 Å². The van der Waals surface area contributed by atoms with E-state index in [9.17, 15) is 4.79 Å². The summed E-state index contributed by atoms with van der Waals surface area (Å²) < 4.78 is 7.77. The van der Waals surface area contributed by atoms with Gasteiger partial charge in [0.1, 0.15) is 18.2 Å². The highest BCUT2D eigenvalue weighted by Crippen LogP contribution is 2.33. The summed E-state index contributed by atoms with van der Waals surface area (Å²) in [6.45, 7) is 10.1. The van der Waals surface area contributed by atoms with Crippen LogP contribution in [0.5, 0.6) is 5.75 Å². The number of nitrogens with two attached hydrogens (primary N) is 1. The zero-order valence-corrected chi connectivity index (χ0v) is 22.0. The van der Waals surface area contributed by atoms with E-state index in [1.54, 1.807) is 6.20 Å². The Morgan fingerprint density at radius 1 is 1.24 bits per heavy atom. The number of pyridine rings is 1. The van der Waals surface area contributed by atoms with Gasteiger partial charge in [0.2, 0.25) is 0 Å². The van der Waals surface area contributed by atoms with Crippen LogP contribution in [-0.4, -0.2) is 41.5 Å². The summed E-state index contributed by atoms with van der Waals surface area (Å²) in [6, 6.07) is 7.78. The average molecular weight is 534 g/mol. The number of aromatic nitrogens is 1. The first kappa shape index (κ1) is 25.5. The maximum Gasteiger partial charge on any atom is 0.254 e. The SMILES string of the molecule is CCN(CC)CCCCC(C)NC(=O)c1cnc(N)c2c(COc3ccc(Br)cc3)csc12. The van der Waals surface area contributed by atoms with Crippen LogP contribution >= 0.6 is 27.3 Å². The summed E-state index contributed by atoms with van der Waals surface area (Å²) in [5, 5.41) is 5.93. The highest BCUT2D eigenvalue weighted by molar-refractivity contribution is 9.10. The number of carbonyl (C=O) groups excluding carboxylic acids is 1. The van der Waals surface area contributed by atoms with Crippen molar-refractivity contribution in [3.63, 3.8) is 0 Å². The third kappa shape index (κ3) is 6.91. The molecule has 0 saturated carbocycles. The summed E-state index contributed by atoms with van der Waals surface area (Å²) >= 11 is 4.93. The molecule has 33 heavy (non-hydrogen) atoms. The van der Waals surface area contributed by atoms with E-state index in [2.05, 4.69) is 51.9 Å². The number of halogens is 1. The van der Waals surface area contributed by atoms with Crippen molar-refractivity contribution in [2.24, 2.45) is 0 Å². The molecule has 0 fully saturated rings. The van der Waals surface area contributed by atoms with Crippen LogP contribution in [0, 0.1) is 0 Å². The number of unbranched alkanes of at least 4 members (excludes halogenated alkanes) is 1. The number of anilines is 1. The van der Waals surface area contributed by atoms with Gasteiger partial charge in [-0.25, -0.2) is 4.98 Å². The van der Waals surface area contributed by atoms with Gasteiger partial charge in [-0.3, -0.25) is 4.79 Å². The Morgan fingerprint density at radius 3 is 2.67 bits per heavy atom. The van der Waals surface area contributed by atoms with Crippen molar-refractivity contribution in [3.05, 3.63) is 51.4 Å². The highest BCUT2D eigenvalue weighted by atomic mass is 79.9. The second-order valence-electron chi connectivity index (χ2n) is 8.16. The summed E-state index contributed by atoms with van der Waals surface area (Å²) in [7, 11) is 0. The van der Waals surface area contributed by atoms with E-state index in [0.717, 1.165) is 64.8 Å². The minimum Gasteiger partial charge on any atom is -0.489 e. The summed E-state index contributed by atoms with van der Waals surface area (Å²) in [4.78, 5) is 19.7.